The van der Waals surface area contributed by atoms with Crippen LogP contribution < -0.4 is 4.90 Å². The van der Waals surface area contributed by atoms with Gasteiger partial charge in [-0.05, 0) is 5.56 Å². The summed E-state index contributed by atoms with van der Waals surface area (Å²) in [6.45, 7) is 3.43. The highest BCUT2D eigenvalue weighted by atomic mass is 19.4. The van der Waals surface area contributed by atoms with Crippen LogP contribution in [0, 0.1) is 0 Å². The van der Waals surface area contributed by atoms with E-state index in [-0.39, 0.29) is 6.61 Å². The number of aliphatic hydroxyl groups excluding tert-OH is 1. The molecular formula is C19H20F6N4O2. The summed E-state index contributed by atoms with van der Waals surface area (Å²) in [7, 11) is 0. The Labute approximate surface area is 173 Å². The van der Waals surface area contributed by atoms with Gasteiger partial charge in [0.15, 0.2) is 0 Å². The summed E-state index contributed by atoms with van der Waals surface area (Å²) < 4.78 is 77.9. The Morgan fingerprint density at radius 1 is 0.806 bits per heavy atom. The molecule has 2 aromatic rings. The van der Waals surface area contributed by atoms with E-state index >= 15 is 0 Å². The Bertz CT molecular complexity index is 849. The lowest BCUT2D eigenvalue weighted by atomic mass is 9.91. The van der Waals surface area contributed by atoms with Gasteiger partial charge in [-0.25, -0.2) is 9.97 Å². The molecule has 0 amide bonds. The van der Waals surface area contributed by atoms with E-state index < -0.39 is 23.5 Å². The van der Waals surface area contributed by atoms with Crippen LogP contribution in [0.15, 0.2) is 36.7 Å². The average Bonchev–Trinajstić information content (AvgIpc) is 2.73. The zero-order valence-corrected chi connectivity index (χ0v) is 16.2. The summed E-state index contributed by atoms with van der Waals surface area (Å²) in [6.07, 6.45) is -9.01. The van der Waals surface area contributed by atoms with E-state index in [1.807, 2.05) is 4.90 Å². The van der Waals surface area contributed by atoms with E-state index in [4.69, 9.17) is 5.11 Å². The number of benzene rings is 1. The minimum absolute atomic E-state index is 0.0767. The van der Waals surface area contributed by atoms with Crippen molar-refractivity contribution in [3.8, 4) is 11.1 Å². The van der Waals surface area contributed by atoms with Crippen LogP contribution in [0.3, 0.4) is 0 Å². The van der Waals surface area contributed by atoms with Gasteiger partial charge in [-0.1, -0.05) is 24.3 Å². The smallest absolute Gasteiger partial charge is 0.395 e. The molecule has 0 bridgehead atoms. The number of hydrogen-bond donors (Lipinski definition) is 2. The maximum atomic E-state index is 13.0. The molecule has 2 N–H and O–H groups in total. The number of alkyl halides is 6. The minimum atomic E-state index is -5.93. The maximum Gasteiger partial charge on any atom is 0.430 e. The second-order valence-electron chi connectivity index (χ2n) is 7.11. The summed E-state index contributed by atoms with van der Waals surface area (Å²) in [5, 5.41) is 18.4. The highest BCUT2D eigenvalue weighted by Crippen LogP contribution is 2.50. The first kappa shape index (κ1) is 23.2. The van der Waals surface area contributed by atoms with Gasteiger partial charge >= 0.3 is 12.4 Å². The van der Waals surface area contributed by atoms with Crippen LogP contribution in [0.1, 0.15) is 5.56 Å². The van der Waals surface area contributed by atoms with Crippen molar-refractivity contribution in [2.24, 2.45) is 0 Å². The molecule has 1 aromatic carbocycles. The Morgan fingerprint density at radius 2 is 1.32 bits per heavy atom. The number of nitrogens with zero attached hydrogens (tertiary/aromatic N) is 4. The summed E-state index contributed by atoms with van der Waals surface area (Å²) in [5.41, 5.74) is -5.59. The Kier molecular flexibility index (Phi) is 6.44. The molecule has 170 valence electrons. The van der Waals surface area contributed by atoms with Crippen LogP contribution >= 0.6 is 0 Å². The van der Waals surface area contributed by atoms with Crippen molar-refractivity contribution < 1.29 is 36.6 Å². The number of aliphatic hydroxyl groups is 2. The van der Waals surface area contributed by atoms with Crippen molar-refractivity contribution in [3.05, 3.63) is 42.2 Å². The molecule has 1 fully saturated rings. The molecular weight excluding hydrogens is 430 g/mol. The molecule has 0 radical (unpaired) electrons. The summed E-state index contributed by atoms with van der Waals surface area (Å²) in [4.78, 5) is 12.5. The van der Waals surface area contributed by atoms with Gasteiger partial charge in [0.1, 0.15) is 0 Å². The van der Waals surface area contributed by atoms with Crippen molar-refractivity contribution >= 4 is 5.95 Å². The Balaban J connectivity index is 1.76. The van der Waals surface area contributed by atoms with Crippen LogP contribution in [0.4, 0.5) is 32.3 Å². The molecule has 1 saturated heterocycles. The molecule has 6 nitrogen and oxygen atoms in total. The van der Waals surface area contributed by atoms with Crippen LogP contribution in [0.5, 0.6) is 0 Å². The van der Waals surface area contributed by atoms with Gasteiger partial charge in [0.2, 0.25) is 5.95 Å². The zero-order chi connectivity index (χ0) is 22.9. The van der Waals surface area contributed by atoms with E-state index in [0.717, 1.165) is 25.2 Å². The third kappa shape index (κ3) is 4.60. The van der Waals surface area contributed by atoms with Crippen LogP contribution in [0.25, 0.3) is 11.1 Å². The zero-order valence-electron chi connectivity index (χ0n) is 16.2. The van der Waals surface area contributed by atoms with Gasteiger partial charge in [-0.3, -0.25) is 4.90 Å². The molecule has 1 aliphatic rings. The number of aromatic nitrogens is 2. The van der Waals surface area contributed by atoms with E-state index in [0.29, 0.717) is 48.8 Å². The topological polar surface area (TPSA) is 72.7 Å². The van der Waals surface area contributed by atoms with E-state index in [9.17, 15) is 31.4 Å². The lowest BCUT2D eigenvalue weighted by Gasteiger charge is -2.34. The number of halogens is 6. The Morgan fingerprint density at radius 3 is 1.77 bits per heavy atom. The first-order chi connectivity index (χ1) is 14.5. The molecule has 1 aromatic heterocycles. The minimum Gasteiger partial charge on any atom is -0.395 e. The van der Waals surface area contributed by atoms with Gasteiger partial charge in [-0.2, -0.15) is 26.3 Å². The van der Waals surface area contributed by atoms with Crippen molar-refractivity contribution in [3.63, 3.8) is 0 Å². The number of piperazine rings is 1. The third-order valence-corrected chi connectivity index (χ3v) is 5.17. The normalized spacial score (nSPS) is 16.6. The monoisotopic (exact) mass is 450 g/mol. The van der Waals surface area contributed by atoms with Crippen LogP contribution in [-0.4, -0.2) is 76.8 Å². The van der Waals surface area contributed by atoms with Crippen molar-refractivity contribution in [1.82, 2.24) is 14.9 Å². The predicted molar refractivity (Wildman–Crippen MR) is 99.2 cm³/mol. The van der Waals surface area contributed by atoms with Gasteiger partial charge in [0.25, 0.3) is 5.60 Å². The molecule has 31 heavy (non-hydrogen) atoms. The van der Waals surface area contributed by atoms with Gasteiger partial charge < -0.3 is 15.1 Å². The lowest BCUT2D eigenvalue weighted by Crippen LogP contribution is -2.53. The standard InChI is InChI=1S/C19H20F6N4O2/c20-18(21,22)17(31,19(23,24)25)15-3-1-13(2-4-15)14-11-26-16(27-12-14)29-7-5-28(6-8-29)9-10-30/h1-4,11-12,30-31H,5-10H2. The second-order valence-corrected chi connectivity index (χ2v) is 7.11. The number of β-amino-alcohol motifs (C(OH)–C–C–N with tert-alkyl or cyclic N) is 1. The molecule has 1 aliphatic heterocycles. The summed E-state index contributed by atoms with van der Waals surface area (Å²) >= 11 is 0. The molecule has 0 aliphatic carbocycles. The largest absolute Gasteiger partial charge is 0.430 e. The van der Waals surface area contributed by atoms with Crippen LogP contribution in [0.2, 0.25) is 0 Å². The average molecular weight is 450 g/mol. The number of rotatable bonds is 5. The Hall–Kier alpha value is -2.44. The van der Waals surface area contributed by atoms with Crippen molar-refractivity contribution in [2.75, 3.05) is 44.2 Å². The molecule has 0 atom stereocenters. The maximum absolute atomic E-state index is 13.0. The first-order valence-corrected chi connectivity index (χ1v) is 9.34. The predicted octanol–water partition coefficient (Wildman–Crippen LogP) is 2.57. The van der Waals surface area contributed by atoms with Crippen molar-refractivity contribution in [2.45, 2.75) is 18.0 Å². The quantitative estimate of drug-likeness (QED) is 0.683. The second kappa shape index (κ2) is 8.60. The van der Waals surface area contributed by atoms with Gasteiger partial charge in [0, 0.05) is 56.2 Å². The fraction of sp³-hybridized carbons (Fsp3) is 0.474. The number of anilines is 1. The third-order valence-electron chi connectivity index (χ3n) is 5.17. The van der Waals surface area contributed by atoms with E-state index in [1.54, 1.807) is 0 Å². The van der Waals surface area contributed by atoms with Crippen LogP contribution in [-0.2, 0) is 5.60 Å². The molecule has 0 unspecified atom stereocenters. The fourth-order valence-corrected chi connectivity index (χ4v) is 3.34. The molecule has 0 saturated carbocycles. The van der Waals surface area contributed by atoms with E-state index in [1.165, 1.54) is 12.4 Å². The van der Waals surface area contributed by atoms with E-state index in [2.05, 4.69) is 14.9 Å². The van der Waals surface area contributed by atoms with Gasteiger partial charge in [0.05, 0.1) is 6.61 Å². The SMILES string of the molecule is OCCN1CCN(c2ncc(-c3ccc(C(O)(C(F)(F)F)C(F)(F)F)cc3)cn2)CC1. The fourth-order valence-electron chi connectivity index (χ4n) is 3.34. The highest BCUT2D eigenvalue weighted by Gasteiger charge is 2.71. The van der Waals surface area contributed by atoms with Crippen molar-refractivity contribution in [1.29, 1.82) is 0 Å². The van der Waals surface area contributed by atoms with Gasteiger partial charge in [-0.15, -0.1) is 0 Å². The summed E-state index contributed by atoms with van der Waals surface area (Å²) in [5.74, 6) is 0.451. The molecule has 0 spiro atoms. The highest BCUT2D eigenvalue weighted by molar-refractivity contribution is 5.62. The number of hydrogen-bond acceptors (Lipinski definition) is 6. The molecule has 2 heterocycles. The lowest BCUT2D eigenvalue weighted by molar-refractivity contribution is -0.376. The first-order valence-electron chi connectivity index (χ1n) is 9.34. The summed E-state index contributed by atoms with van der Waals surface area (Å²) in [6, 6.07) is 3.27. The molecule has 12 heteroatoms. The molecule has 3 rings (SSSR count).